The lowest BCUT2D eigenvalue weighted by molar-refractivity contribution is 0.382. The molecule has 15 heavy (non-hydrogen) atoms. The predicted molar refractivity (Wildman–Crippen MR) is 64.3 cm³/mol. The van der Waals surface area contributed by atoms with Gasteiger partial charge in [0.05, 0.1) is 0 Å². The van der Waals surface area contributed by atoms with Gasteiger partial charge >= 0.3 is 0 Å². The van der Waals surface area contributed by atoms with Gasteiger partial charge in [0.1, 0.15) is 0 Å². The van der Waals surface area contributed by atoms with Crippen LogP contribution in [-0.4, -0.2) is 23.9 Å². The zero-order valence-corrected chi connectivity index (χ0v) is 9.75. The Bertz CT molecular complexity index is 334. The summed E-state index contributed by atoms with van der Waals surface area (Å²) >= 11 is 5.80. The molecular weight excluding hydrogens is 210 g/mol. The fraction of sp³-hybridized carbons (Fsp3) is 0.364. The zero-order valence-electron chi connectivity index (χ0n) is 9.00. The number of benzene rings is 1. The van der Waals surface area contributed by atoms with Crippen molar-refractivity contribution in [1.29, 1.82) is 5.41 Å². The lowest BCUT2D eigenvalue weighted by atomic mass is 10.1. The van der Waals surface area contributed by atoms with Gasteiger partial charge in [-0.25, -0.2) is 0 Å². The molecule has 82 valence electrons. The van der Waals surface area contributed by atoms with Gasteiger partial charge in [0, 0.05) is 18.1 Å². The number of halogens is 1. The SMILES string of the molecule is CC(Cc1ccc(Cl)cc1)N(C)C(=N)N. The van der Waals surface area contributed by atoms with E-state index < -0.39 is 0 Å². The first kappa shape index (κ1) is 11.9. The summed E-state index contributed by atoms with van der Waals surface area (Å²) in [7, 11) is 1.82. The van der Waals surface area contributed by atoms with Crippen molar-refractivity contribution in [3.63, 3.8) is 0 Å². The Balaban J connectivity index is 2.62. The van der Waals surface area contributed by atoms with Crippen LogP contribution >= 0.6 is 11.6 Å². The van der Waals surface area contributed by atoms with Gasteiger partial charge in [0.15, 0.2) is 5.96 Å². The van der Waals surface area contributed by atoms with E-state index in [-0.39, 0.29) is 12.0 Å². The minimum Gasteiger partial charge on any atom is -0.370 e. The van der Waals surface area contributed by atoms with Crippen LogP contribution in [0.1, 0.15) is 12.5 Å². The van der Waals surface area contributed by atoms with Crippen molar-refractivity contribution in [2.24, 2.45) is 5.73 Å². The second-order valence-electron chi connectivity index (χ2n) is 3.68. The van der Waals surface area contributed by atoms with Crippen molar-refractivity contribution in [3.05, 3.63) is 34.9 Å². The molecule has 0 aliphatic heterocycles. The summed E-state index contributed by atoms with van der Waals surface area (Å²) in [6, 6.07) is 7.94. The molecule has 0 aromatic heterocycles. The number of guanidine groups is 1. The van der Waals surface area contributed by atoms with E-state index in [2.05, 4.69) is 0 Å². The summed E-state index contributed by atoms with van der Waals surface area (Å²) in [4.78, 5) is 1.74. The van der Waals surface area contributed by atoms with Gasteiger partial charge in [-0.3, -0.25) is 5.41 Å². The van der Waals surface area contributed by atoms with Gasteiger partial charge in [-0.1, -0.05) is 23.7 Å². The molecule has 0 saturated heterocycles. The molecule has 0 amide bonds. The summed E-state index contributed by atoms with van der Waals surface area (Å²) in [5.41, 5.74) is 6.60. The number of nitrogens with one attached hydrogen (secondary N) is 1. The molecule has 0 aliphatic rings. The highest BCUT2D eigenvalue weighted by atomic mass is 35.5. The van der Waals surface area contributed by atoms with Crippen LogP contribution in [0.15, 0.2) is 24.3 Å². The Morgan fingerprint density at radius 2 is 2.00 bits per heavy atom. The van der Waals surface area contributed by atoms with Gasteiger partial charge in [-0.05, 0) is 31.0 Å². The first-order valence-electron chi connectivity index (χ1n) is 4.82. The molecule has 0 radical (unpaired) electrons. The molecule has 0 heterocycles. The molecule has 0 fully saturated rings. The molecule has 3 N–H and O–H groups in total. The van der Waals surface area contributed by atoms with Crippen LogP contribution in [0.5, 0.6) is 0 Å². The highest BCUT2D eigenvalue weighted by molar-refractivity contribution is 6.30. The van der Waals surface area contributed by atoms with E-state index in [1.807, 2.05) is 38.2 Å². The molecule has 0 bridgehead atoms. The number of nitrogens with two attached hydrogens (primary N) is 1. The van der Waals surface area contributed by atoms with E-state index in [1.54, 1.807) is 4.90 Å². The van der Waals surface area contributed by atoms with E-state index in [9.17, 15) is 0 Å². The van der Waals surface area contributed by atoms with Gasteiger partial charge in [0.2, 0.25) is 0 Å². The summed E-state index contributed by atoms with van der Waals surface area (Å²) < 4.78 is 0. The third-order valence-electron chi connectivity index (χ3n) is 2.49. The van der Waals surface area contributed by atoms with Crippen LogP contribution in [0, 0.1) is 5.41 Å². The van der Waals surface area contributed by atoms with Crippen molar-refractivity contribution in [2.45, 2.75) is 19.4 Å². The third-order valence-corrected chi connectivity index (χ3v) is 2.74. The third kappa shape index (κ3) is 3.44. The molecule has 1 aromatic carbocycles. The van der Waals surface area contributed by atoms with E-state index in [0.29, 0.717) is 0 Å². The van der Waals surface area contributed by atoms with Gasteiger partial charge in [-0.2, -0.15) is 0 Å². The maximum atomic E-state index is 7.31. The number of hydrogen-bond donors (Lipinski definition) is 2. The number of nitrogens with zero attached hydrogens (tertiary/aromatic N) is 1. The maximum Gasteiger partial charge on any atom is 0.188 e. The van der Waals surface area contributed by atoms with Crippen LogP contribution in [0.25, 0.3) is 0 Å². The number of likely N-dealkylation sites (N-methyl/N-ethyl adjacent to an activating group) is 1. The molecule has 1 aromatic rings. The molecule has 3 nitrogen and oxygen atoms in total. The first-order chi connectivity index (χ1) is 7.00. The van der Waals surface area contributed by atoms with Gasteiger partial charge in [0.25, 0.3) is 0 Å². The summed E-state index contributed by atoms with van der Waals surface area (Å²) in [6.07, 6.45) is 0.854. The van der Waals surface area contributed by atoms with Crippen molar-refractivity contribution >= 4 is 17.6 Å². The molecule has 1 atom stereocenters. The van der Waals surface area contributed by atoms with Crippen LogP contribution < -0.4 is 5.73 Å². The van der Waals surface area contributed by atoms with Crippen LogP contribution in [-0.2, 0) is 6.42 Å². The Morgan fingerprint density at radius 3 is 2.47 bits per heavy atom. The molecule has 1 unspecified atom stereocenters. The van der Waals surface area contributed by atoms with E-state index in [4.69, 9.17) is 22.7 Å². The van der Waals surface area contributed by atoms with Gasteiger partial charge in [-0.15, -0.1) is 0 Å². The molecule has 1 rings (SSSR count). The second-order valence-corrected chi connectivity index (χ2v) is 4.11. The maximum absolute atomic E-state index is 7.31. The van der Waals surface area contributed by atoms with Crippen molar-refractivity contribution in [2.75, 3.05) is 7.05 Å². The molecule has 0 spiro atoms. The lowest BCUT2D eigenvalue weighted by Gasteiger charge is -2.24. The summed E-state index contributed by atoms with van der Waals surface area (Å²) in [5, 5.41) is 8.06. The lowest BCUT2D eigenvalue weighted by Crippen LogP contribution is -2.40. The molecule has 0 saturated carbocycles. The Morgan fingerprint density at radius 1 is 1.47 bits per heavy atom. The van der Waals surface area contributed by atoms with Crippen molar-refractivity contribution in [1.82, 2.24) is 4.90 Å². The molecule has 0 aliphatic carbocycles. The average molecular weight is 226 g/mol. The topological polar surface area (TPSA) is 53.1 Å². The Kier molecular flexibility index (Phi) is 3.97. The number of hydrogen-bond acceptors (Lipinski definition) is 1. The normalized spacial score (nSPS) is 12.2. The standard InChI is InChI=1S/C11H16ClN3/c1-8(15(2)11(13)14)7-9-3-5-10(12)6-4-9/h3-6,8H,7H2,1-2H3,(H3,13,14). The summed E-state index contributed by atoms with van der Waals surface area (Å²) in [5.74, 6) is 0.0939. The number of rotatable bonds is 3. The Hall–Kier alpha value is -1.22. The minimum atomic E-state index is 0.0939. The zero-order chi connectivity index (χ0) is 11.4. The average Bonchev–Trinajstić information content (AvgIpc) is 2.20. The molecule has 4 heteroatoms. The Labute approximate surface area is 95.3 Å². The monoisotopic (exact) mass is 225 g/mol. The van der Waals surface area contributed by atoms with Crippen LogP contribution in [0.4, 0.5) is 0 Å². The second kappa shape index (κ2) is 5.03. The fourth-order valence-electron chi connectivity index (χ4n) is 1.34. The van der Waals surface area contributed by atoms with Crippen LogP contribution in [0.3, 0.4) is 0 Å². The smallest absolute Gasteiger partial charge is 0.188 e. The largest absolute Gasteiger partial charge is 0.370 e. The summed E-state index contributed by atoms with van der Waals surface area (Å²) in [6.45, 7) is 2.04. The van der Waals surface area contributed by atoms with Crippen LogP contribution in [0.2, 0.25) is 5.02 Å². The highest BCUT2D eigenvalue weighted by Gasteiger charge is 2.10. The fourth-order valence-corrected chi connectivity index (χ4v) is 1.46. The van der Waals surface area contributed by atoms with Crippen molar-refractivity contribution in [3.8, 4) is 0 Å². The highest BCUT2D eigenvalue weighted by Crippen LogP contribution is 2.12. The minimum absolute atomic E-state index is 0.0939. The van der Waals surface area contributed by atoms with Gasteiger partial charge < -0.3 is 10.6 Å². The van der Waals surface area contributed by atoms with E-state index in [0.717, 1.165) is 11.4 Å². The quantitative estimate of drug-likeness (QED) is 0.612. The van der Waals surface area contributed by atoms with E-state index >= 15 is 0 Å². The predicted octanol–water partition coefficient (Wildman–Crippen LogP) is 2.10. The molecular formula is C11H16ClN3. The van der Waals surface area contributed by atoms with E-state index in [1.165, 1.54) is 5.56 Å². The first-order valence-corrected chi connectivity index (χ1v) is 5.20. The van der Waals surface area contributed by atoms with Crippen molar-refractivity contribution < 1.29 is 0 Å².